The molecule has 0 aliphatic rings. The number of ether oxygens (including phenoxy) is 2. The van der Waals surface area contributed by atoms with Crippen molar-refractivity contribution in [3.05, 3.63) is 64.3 Å². The fourth-order valence-corrected chi connectivity index (χ4v) is 3.34. The molecule has 7 nitrogen and oxygen atoms in total. The van der Waals surface area contributed by atoms with Crippen LogP contribution in [0.25, 0.3) is 0 Å². The van der Waals surface area contributed by atoms with Crippen LogP contribution in [0.5, 0.6) is 5.75 Å². The van der Waals surface area contributed by atoms with E-state index < -0.39 is 11.9 Å². The van der Waals surface area contributed by atoms with Gasteiger partial charge in [0, 0.05) is 11.1 Å². The van der Waals surface area contributed by atoms with E-state index in [0.29, 0.717) is 10.6 Å². The summed E-state index contributed by atoms with van der Waals surface area (Å²) in [5.41, 5.74) is 1.58. The Morgan fingerprint density at radius 2 is 2.00 bits per heavy atom. The first-order valence-electron chi connectivity index (χ1n) is 8.20. The molecule has 0 radical (unpaired) electrons. The number of esters is 1. The van der Waals surface area contributed by atoms with E-state index in [9.17, 15) is 9.59 Å². The van der Waals surface area contributed by atoms with Crippen molar-refractivity contribution < 1.29 is 19.1 Å². The van der Waals surface area contributed by atoms with E-state index in [4.69, 9.17) is 9.47 Å². The smallest absolute Gasteiger partial charge is 0.340 e. The number of amides is 1. The first-order valence-corrected chi connectivity index (χ1v) is 9.01. The van der Waals surface area contributed by atoms with Gasteiger partial charge in [0.1, 0.15) is 10.8 Å². The summed E-state index contributed by atoms with van der Waals surface area (Å²) in [6, 6.07) is 10.9. The van der Waals surface area contributed by atoms with Crippen molar-refractivity contribution in [1.82, 2.24) is 9.78 Å². The predicted octanol–water partition coefficient (Wildman–Crippen LogP) is 3.64. The van der Waals surface area contributed by atoms with Gasteiger partial charge in [-0.25, -0.2) is 9.48 Å². The minimum atomic E-state index is -0.494. The van der Waals surface area contributed by atoms with Crippen molar-refractivity contribution in [2.24, 2.45) is 0 Å². The minimum absolute atomic E-state index is 0.184. The van der Waals surface area contributed by atoms with E-state index in [1.54, 1.807) is 18.3 Å². The molecule has 0 bridgehead atoms. The molecule has 1 amide bonds. The zero-order valence-electron chi connectivity index (χ0n) is 15.2. The average Bonchev–Trinajstić information content (AvgIpc) is 3.27. The van der Waals surface area contributed by atoms with Gasteiger partial charge < -0.3 is 14.8 Å². The zero-order chi connectivity index (χ0) is 19.4. The third-order valence-corrected chi connectivity index (χ3v) is 4.77. The number of anilines is 1. The Bertz CT molecular complexity index is 977. The van der Waals surface area contributed by atoms with Crippen molar-refractivity contribution in [2.75, 3.05) is 12.4 Å². The maximum atomic E-state index is 12.5. The summed E-state index contributed by atoms with van der Waals surface area (Å²) >= 11 is 1.30. The van der Waals surface area contributed by atoms with Gasteiger partial charge in [0.25, 0.3) is 5.91 Å². The highest BCUT2D eigenvalue weighted by atomic mass is 32.1. The lowest BCUT2D eigenvalue weighted by Crippen LogP contribution is -2.15. The van der Waals surface area contributed by atoms with E-state index in [0.717, 1.165) is 16.2 Å². The average molecular weight is 385 g/mol. The molecule has 8 heteroatoms. The van der Waals surface area contributed by atoms with Crippen LogP contribution in [0, 0.1) is 13.8 Å². The molecule has 140 valence electrons. The number of rotatable bonds is 6. The number of thiophene rings is 1. The van der Waals surface area contributed by atoms with Crippen LogP contribution in [0.2, 0.25) is 0 Å². The van der Waals surface area contributed by atoms with Gasteiger partial charge in [-0.1, -0.05) is 18.2 Å². The van der Waals surface area contributed by atoms with E-state index in [2.05, 4.69) is 10.4 Å². The first kappa shape index (κ1) is 18.7. The third kappa shape index (κ3) is 4.35. The number of benzene rings is 1. The second-order valence-electron chi connectivity index (χ2n) is 5.82. The molecule has 0 saturated carbocycles. The van der Waals surface area contributed by atoms with Crippen molar-refractivity contribution in [1.29, 1.82) is 0 Å². The summed E-state index contributed by atoms with van der Waals surface area (Å²) in [6.45, 7) is 3.99. The number of carbonyl (C=O) groups is 2. The molecule has 3 aromatic rings. The largest absolute Gasteiger partial charge is 0.471 e. The van der Waals surface area contributed by atoms with Gasteiger partial charge in [0.05, 0.1) is 12.7 Å². The fourth-order valence-electron chi connectivity index (χ4n) is 2.44. The van der Waals surface area contributed by atoms with Gasteiger partial charge in [-0.3, -0.25) is 4.79 Å². The van der Waals surface area contributed by atoms with Crippen molar-refractivity contribution >= 4 is 28.2 Å². The number of methoxy groups -OCH3 is 1. The van der Waals surface area contributed by atoms with Crippen LogP contribution in [0.1, 0.15) is 31.3 Å². The second kappa shape index (κ2) is 8.05. The summed E-state index contributed by atoms with van der Waals surface area (Å²) in [7, 11) is 1.30. The van der Waals surface area contributed by atoms with Crippen LogP contribution in [-0.4, -0.2) is 28.8 Å². The Kier molecular flexibility index (Phi) is 5.56. The van der Waals surface area contributed by atoms with E-state index in [1.807, 2.05) is 38.1 Å². The normalized spacial score (nSPS) is 10.5. The maximum absolute atomic E-state index is 12.5. The molecular formula is C19H19N3O4S. The molecule has 1 aromatic carbocycles. The number of para-hydroxylation sites is 1. The van der Waals surface area contributed by atoms with Gasteiger partial charge in [0.15, 0.2) is 12.4 Å². The first-order chi connectivity index (χ1) is 13.0. The molecule has 0 unspecified atom stereocenters. The van der Waals surface area contributed by atoms with Gasteiger partial charge >= 0.3 is 5.97 Å². The lowest BCUT2D eigenvalue weighted by Gasteiger charge is -2.08. The van der Waals surface area contributed by atoms with Gasteiger partial charge in [-0.2, -0.15) is 5.10 Å². The predicted molar refractivity (Wildman–Crippen MR) is 102 cm³/mol. The number of aryl methyl sites for hydroxylation is 2. The molecule has 27 heavy (non-hydrogen) atoms. The molecule has 0 aliphatic carbocycles. The number of nitrogens with zero attached hydrogens (tertiary/aromatic N) is 2. The lowest BCUT2D eigenvalue weighted by atomic mass is 10.2. The highest BCUT2D eigenvalue weighted by molar-refractivity contribution is 7.16. The van der Waals surface area contributed by atoms with Crippen LogP contribution < -0.4 is 10.1 Å². The summed E-state index contributed by atoms with van der Waals surface area (Å²) in [4.78, 5) is 25.2. The number of carbonyl (C=O) groups excluding carboxylic acids is 2. The minimum Gasteiger partial charge on any atom is -0.471 e. The lowest BCUT2D eigenvalue weighted by molar-refractivity contribution is 0.0602. The van der Waals surface area contributed by atoms with Crippen LogP contribution in [0.3, 0.4) is 0 Å². The van der Waals surface area contributed by atoms with E-state index in [-0.39, 0.29) is 12.4 Å². The molecule has 0 saturated heterocycles. The zero-order valence-corrected chi connectivity index (χ0v) is 16.0. The molecule has 0 atom stereocenters. The van der Waals surface area contributed by atoms with E-state index >= 15 is 0 Å². The SMILES string of the molecule is COC(=O)c1cc(C)sc1NC(=O)c1ccn(COc2ccccc2C)n1. The summed E-state index contributed by atoms with van der Waals surface area (Å²) in [5.74, 6) is -0.140. The second-order valence-corrected chi connectivity index (χ2v) is 7.08. The Labute approximate surface area is 160 Å². The van der Waals surface area contributed by atoms with Crippen molar-refractivity contribution in [3.63, 3.8) is 0 Å². The molecule has 0 spiro atoms. The van der Waals surface area contributed by atoms with Crippen molar-refractivity contribution in [2.45, 2.75) is 20.6 Å². The number of hydrogen-bond donors (Lipinski definition) is 1. The number of hydrogen-bond acceptors (Lipinski definition) is 6. The molecule has 2 aromatic heterocycles. The molecule has 1 N–H and O–H groups in total. The van der Waals surface area contributed by atoms with Crippen LogP contribution in [-0.2, 0) is 11.5 Å². The Morgan fingerprint density at radius 1 is 1.22 bits per heavy atom. The molecule has 2 heterocycles. The van der Waals surface area contributed by atoms with Crippen LogP contribution in [0.4, 0.5) is 5.00 Å². The maximum Gasteiger partial charge on any atom is 0.340 e. The van der Waals surface area contributed by atoms with Crippen molar-refractivity contribution in [3.8, 4) is 5.75 Å². The Hall–Kier alpha value is -3.13. The summed E-state index contributed by atoms with van der Waals surface area (Å²) in [5, 5.41) is 7.38. The molecular weight excluding hydrogens is 366 g/mol. The summed E-state index contributed by atoms with van der Waals surface area (Å²) in [6.07, 6.45) is 1.66. The number of aromatic nitrogens is 2. The van der Waals surface area contributed by atoms with Gasteiger partial charge in [-0.05, 0) is 37.6 Å². The Morgan fingerprint density at radius 3 is 2.74 bits per heavy atom. The van der Waals surface area contributed by atoms with Crippen LogP contribution >= 0.6 is 11.3 Å². The Balaban J connectivity index is 1.67. The van der Waals surface area contributed by atoms with Crippen LogP contribution in [0.15, 0.2) is 42.6 Å². The molecule has 0 aliphatic heterocycles. The standard InChI is InChI=1S/C19H19N3O4S/c1-12-6-4-5-7-16(12)26-11-22-9-8-15(21-22)17(23)20-18-14(19(24)25-3)10-13(2)27-18/h4-10H,11H2,1-3H3,(H,20,23). The third-order valence-electron chi connectivity index (χ3n) is 3.81. The van der Waals surface area contributed by atoms with E-state index in [1.165, 1.54) is 23.1 Å². The summed E-state index contributed by atoms with van der Waals surface area (Å²) < 4.78 is 12.0. The van der Waals surface area contributed by atoms with Gasteiger partial charge in [-0.15, -0.1) is 11.3 Å². The monoisotopic (exact) mass is 385 g/mol. The van der Waals surface area contributed by atoms with Gasteiger partial charge in [0.2, 0.25) is 0 Å². The number of nitrogens with one attached hydrogen (secondary N) is 1. The quantitative estimate of drug-likeness (QED) is 0.655. The fraction of sp³-hybridized carbons (Fsp3) is 0.211. The highest BCUT2D eigenvalue weighted by Crippen LogP contribution is 2.28. The topological polar surface area (TPSA) is 82.5 Å². The molecule has 3 rings (SSSR count). The molecule has 0 fully saturated rings. The highest BCUT2D eigenvalue weighted by Gasteiger charge is 2.19.